The van der Waals surface area contributed by atoms with Gasteiger partial charge in [0.1, 0.15) is 0 Å². The second-order valence-corrected chi connectivity index (χ2v) is 3.78. The van der Waals surface area contributed by atoms with Gasteiger partial charge in [0, 0.05) is 5.92 Å². The summed E-state index contributed by atoms with van der Waals surface area (Å²) in [7, 11) is 0. The standard InChI is InChI=1S/C12H14O2/c13-12-8-11(9-14-12)7-6-10-4-2-1-3-5-10/h1-5,11H,6-9H2/t11-/m0/s1. The van der Waals surface area contributed by atoms with Gasteiger partial charge in [0.05, 0.1) is 13.0 Å². The van der Waals surface area contributed by atoms with E-state index in [2.05, 4.69) is 12.1 Å². The Kier molecular flexibility index (Phi) is 2.82. The average Bonchev–Trinajstić information content (AvgIpc) is 2.63. The molecule has 0 N–H and O–H groups in total. The minimum Gasteiger partial charge on any atom is -0.465 e. The first-order chi connectivity index (χ1) is 6.84. The van der Waals surface area contributed by atoms with Crippen molar-refractivity contribution in [3.8, 4) is 0 Å². The predicted molar refractivity (Wildman–Crippen MR) is 53.8 cm³/mol. The molecule has 0 aliphatic carbocycles. The Hall–Kier alpha value is -1.31. The molecule has 74 valence electrons. The van der Waals surface area contributed by atoms with Crippen molar-refractivity contribution in [3.05, 3.63) is 35.9 Å². The van der Waals surface area contributed by atoms with E-state index >= 15 is 0 Å². The first-order valence-corrected chi connectivity index (χ1v) is 5.04. The molecule has 1 saturated heterocycles. The smallest absolute Gasteiger partial charge is 0.306 e. The predicted octanol–water partition coefficient (Wildman–Crippen LogP) is 2.18. The summed E-state index contributed by atoms with van der Waals surface area (Å²) in [5.41, 5.74) is 1.34. The second kappa shape index (κ2) is 4.27. The van der Waals surface area contributed by atoms with Crippen molar-refractivity contribution < 1.29 is 9.53 Å². The second-order valence-electron chi connectivity index (χ2n) is 3.78. The van der Waals surface area contributed by atoms with Crippen molar-refractivity contribution in [1.82, 2.24) is 0 Å². The van der Waals surface area contributed by atoms with Gasteiger partial charge in [-0.3, -0.25) is 4.79 Å². The van der Waals surface area contributed by atoms with Gasteiger partial charge in [0.15, 0.2) is 0 Å². The van der Waals surface area contributed by atoms with Crippen LogP contribution < -0.4 is 0 Å². The number of carbonyl (C=O) groups excluding carboxylic acids is 1. The van der Waals surface area contributed by atoms with E-state index in [9.17, 15) is 4.79 Å². The first kappa shape index (κ1) is 9.25. The number of hydrogen-bond donors (Lipinski definition) is 0. The van der Waals surface area contributed by atoms with Crippen LogP contribution in [-0.4, -0.2) is 12.6 Å². The van der Waals surface area contributed by atoms with E-state index in [1.165, 1.54) is 5.56 Å². The zero-order valence-electron chi connectivity index (χ0n) is 8.11. The maximum atomic E-state index is 10.8. The summed E-state index contributed by atoms with van der Waals surface area (Å²) >= 11 is 0. The van der Waals surface area contributed by atoms with Crippen LogP contribution in [0.2, 0.25) is 0 Å². The number of hydrogen-bond acceptors (Lipinski definition) is 2. The first-order valence-electron chi connectivity index (χ1n) is 5.04. The quantitative estimate of drug-likeness (QED) is 0.683. The van der Waals surface area contributed by atoms with Crippen LogP contribution in [0, 0.1) is 5.92 Å². The van der Waals surface area contributed by atoms with Crippen LogP contribution in [0.1, 0.15) is 18.4 Å². The molecular weight excluding hydrogens is 176 g/mol. The highest BCUT2D eigenvalue weighted by Crippen LogP contribution is 2.19. The fourth-order valence-corrected chi connectivity index (χ4v) is 1.77. The molecule has 0 bridgehead atoms. The molecule has 1 aromatic carbocycles. The van der Waals surface area contributed by atoms with Crippen LogP contribution in [0.3, 0.4) is 0 Å². The van der Waals surface area contributed by atoms with Crippen molar-refractivity contribution in [3.63, 3.8) is 0 Å². The Morgan fingerprint density at radius 2 is 2.07 bits per heavy atom. The molecule has 1 atom stereocenters. The van der Waals surface area contributed by atoms with Crippen LogP contribution >= 0.6 is 0 Å². The number of ether oxygens (including phenoxy) is 1. The lowest BCUT2D eigenvalue weighted by Crippen LogP contribution is -2.01. The molecule has 1 heterocycles. The van der Waals surface area contributed by atoms with E-state index in [4.69, 9.17) is 4.74 Å². The summed E-state index contributed by atoms with van der Waals surface area (Å²) in [6, 6.07) is 10.4. The van der Waals surface area contributed by atoms with Gasteiger partial charge in [-0.05, 0) is 18.4 Å². The van der Waals surface area contributed by atoms with Crippen LogP contribution in [0.15, 0.2) is 30.3 Å². The van der Waals surface area contributed by atoms with Crippen LogP contribution in [0.4, 0.5) is 0 Å². The summed E-state index contributed by atoms with van der Waals surface area (Å²) in [6.45, 7) is 0.617. The van der Waals surface area contributed by atoms with Gasteiger partial charge in [-0.2, -0.15) is 0 Å². The lowest BCUT2D eigenvalue weighted by atomic mass is 9.99. The highest BCUT2D eigenvalue weighted by Gasteiger charge is 2.22. The van der Waals surface area contributed by atoms with Gasteiger partial charge < -0.3 is 4.74 Å². The zero-order valence-corrected chi connectivity index (χ0v) is 8.11. The molecule has 2 nitrogen and oxygen atoms in total. The topological polar surface area (TPSA) is 26.3 Å². The van der Waals surface area contributed by atoms with Crippen molar-refractivity contribution in [2.75, 3.05) is 6.61 Å². The number of carbonyl (C=O) groups is 1. The summed E-state index contributed by atoms with van der Waals surface area (Å²) in [5, 5.41) is 0. The van der Waals surface area contributed by atoms with E-state index in [1.54, 1.807) is 0 Å². The minimum atomic E-state index is -0.0388. The molecule has 14 heavy (non-hydrogen) atoms. The number of esters is 1. The maximum Gasteiger partial charge on any atom is 0.306 e. The van der Waals surface area contributed by atoms with Crippen molar-refractivity contribution in [2.45, 2.75) is 19.3 Å². The molecule has 1 aliphatic rings. The van der Waals surface area contributed by atoms with Gasteiger partial charge in [0.2, 0.25) is 0 Å². The number of benzene rings is 1. The van der Waals surface area contributed by atoms with E-state index in [0.717, 1.165) is 12.8 Å². The molecule has 1 aromatic rings. The van der Waals surface area contributed by atoms with E-state index < -0.39 is 0 Å². The molecule has 0 spiro atoms. The van der Waals surface area contributed by atoms with Crippen molar-refractivity contribution in [2.24, 2.45) is 5.92 Å². The number of cyclic esters (lactones) is 1. The zero-order chi connectivity index (χ0) is 9.80. The van der Waals surface area contributed by atoms with E-state index in [-0.39, 0.29) is 5.97 Å². The Balaban J connectivity index is 1.80. The third kappa shape index (κ3) is 2.34. The Morgan fingerprint density at radius 3 is 2.71 bits per heavy atom. The molecule has 1 aliphatic heterocycles. The fourth-order valence-electron chi connectivity index (χ4n) is 1.77. The number of aryl methyl sites for hydroxylation is 1. The molecule has 0 amide bonds. The molecular formula is C12H14O2. The summed E-state index contributed by atoms with van der Waals surface area (Å²) in [4.78, 5) is 10.8. The highest BCUT2D eigenvalue weighted by molar-refractivity contribution is 5.71. The Bertz CT molecular complexity index is 305. The maximum absolute atomic E-state index is 10.8. The lowest BCUT2D eigenvalue weighted by molar-refractivity contribution is -0.137. The molecule has 0 radical (unpaired) electrons. The molecule has 0 aromatic heterocycles. The summed E-state index contributed by atoms with van der Waals surface area (Å²) in [6.07, 6.45) is 2.70. The van der Waals surface area contributed by atoms with Gasteiger partial charge in [0.25, 0.3) is 0 Å². The third-order valence-electron chi connectivity index (χ3n) is 2.62. The Morgan fingerprint density at radius 1 is 1.29 bits per heavy atom. The van der Waals surface area contributed by atoms with Crippen LogP contribution in [0.5, 0.6) is 0 Å². The van der Waals surface area contributed by atoms with Crippen molar-refractivity contribution >= 4 is 5.97 Å². The lowest BCUT2D eigenvalue weighted by Gasteiger charge is -2.05. The van der Waals surface area contributed by atoms with Gasteiger partial charge in [-0.1, -0.05) is 30.3 Å². The van der Waals surface area contributed by atoms with Gasteiger partial charge in [-0.25, -0.2) is 0 Å². The van der Waals surface area contributed by atoms with E-state index in [0.29, 0.717) is 18.9 Å². The third-order valence-corrected chi connectivity index (χ3v) is 2.62. The molecule has 0 unspecified atom stereocenters. The summed E-state index contributed by atoms with van der Waals surface area (Å²) in [5.74, 6) is 0.394. The average molecular weight is 190 g/mol. The molecule has 2 rings (SSSR count). The molecule has 2 heteroatoms. The van der Waals surface area contributed by atoms with Crippen molar-refractivity contribution in [1.29, 1.82) is 0 Å². The molecule has 1 fully saturated rings. The normalized spacial score (nSPS) is 20.9. The largest absolute Gasteiger partial charge is 0.465 e. The Labute approximate surface area is 83.9 Å². The SMILES string of the molecule is O=C1C[C@H](CCc2ccccc2)CO1. The summed E-state index contributed by atoms with van der Waals surface area (Å²) < 4.78 is 4.91. The highest BCUT2D eigenvalue weighted by atomic mass is 16.5. The molecule has 0 saturated carbocycles. The number of rotatable bonds is 3. The monoisotopic (exact) mass is 190 g/mol. The van der Waals surface area contributed by atoms with Gasteiger partial charge >= 0.3 is 5.97 Å². The minimum absolute atomic E-state index is 0.0388. The van der Waals surface area contributed by atoms with Crippen LogP contribution in [-0.2, 0) is 16.0 Å². The van der Waals surface area contributed by atoms with Crippen LogP contribution in [0.25, 0.3) is 0 Å². The van der Waals surface area contributed by atoms with E-state index in [1.807, 2.05) is 18.2 Å². The van der Waals surface area contributed by atoms with Gasteiger partial charge in [-0.15, -0.1) is 0 Å². The fraction of sp³-hybridized carbons (Fsp3) is 0.417.